The number of halogens is 2. The van der Waals surface area contributed by atoms with Crippen LogP contribution in [0, 0.1) is 5.82 Å². The highest BCUT2D eigenvalue weighted by molar-refractivity contribution is 9.10. The van der Waals surface area contributed by atoms with Crippen LogP contribution in [-0.2, 0) is 12.8 Å². The van der Waals surface area contributed by atoms with Gasteiger partial charge < -0.3 is 5.73 Å². The molecule has 1 atom stereocenters. The highest BCUT2D eigenvalue weighted by atomic mass is 79.9. The highest BCUT2D eigenvalue weighted by Crippen LogP contribution is 2.20. The Kier molecular flexibility index (Phi) is 4.38. The molecule has 0 heterocycles. The predicted molar refractivity (Wildman–Crippen MR) is 80.5 cm³/mol. The lowest BCUT2D eigenvalue weighted by Crippen LogP contribution is -2.41. The van der Waals surface area contributed by atoms with Gasteiger partial charge in [0.05, 0.1) is 0 Å². The van der Waals surface area contributed by atoms with E-state index in [0.717, 1.165) is 10.0 Å². The van der Waals surface area contributed by atoms with Gasteiger partial charge in [-0.3, -0.25) is 0 Å². The van der Waals surface area contributed by atoms with Gasteiger partial charge in [-0.25, -0.2) is 4.39 Å². The van der Waals surface area contributed by atoms with Crippen molar-refractivity contribution < 1.29 is 4.39 Å². The van der Waals surface area contributed by atoms with Crippen LogP contribution < -0.4 is 5.73 Å². The molecule has 0 amide bonds. The second kappa shape index (κ2) is 5.85. The summed E-state index contributed by atoms with van der Waals surface area (Å²) in [6, 6.07) is 14.9. The molecule has 0 radical (unpaired) electrons. The fourth-order valence-corrected chi connectivity index (χ4v) is 2.70. The Hall–Kier alpha value is -1.19. The first-order chi connectivity index (χ1) is 8.96. The van der Waals surface area contributed by atoms with Gasteiger partial charge in [0.15, 0.2) is 0 Å². The van der Waals surface area contributed by atoms with Gasteiger partial charge in [-0.05, 0) is 49.1 Å². The zero-order valence-electron chi connectivity index (χ0n) is 10.9. The second-order valence-electron chi connectivity index (χ2n) is 5.23. The molecule has 0 aliphatic rings. The molecular formula is C16H17BrFN. The zero-order valence-corrected chi connectivity index (χ0v) is 12.5. The minimum Gasteiger partial charge on any atom is -0.325 e. The topological polar surface area (TPSA) is 26.0 Å². The van der Waals surface area contributed by atoms with Crippen molar-refractivity contribution in [2.24, 2.45) is 5.73 Å². The first kappa shape index (κ1) is 14.2. The molecule has 2 aromatic rings. The average Bonchev–Trinajstić information content (AvgIpc) is 2.31. The van der Waals surface area contributed by atoms with Crippen molar-refractivity contribution in [2.75, 3.05) is 0 Å². The lowest BCUT2D eigenvalue weighted by molar-refractivity contribution is 0.451. The number of rotatable bonds is 4. The highest BCUT2D eigenvalue weighted by Gasteiger charge is 2.21. The summed E-state index contributed by atoms with van der Waals surface area (Å²) in [4.78, 5) is 0. The van der Waals surface area contributed by atoms with Gasteiger partial charge in [-0.2, -0.15) is 0 Å². The molecule has 0 bridgehead atoms. The maximum Gasteiger partial charge on any atom is 0.126 e. The Labute approximate surface area is 121 Å². The third kappa shape index (κ3) is 4.15. The van der Waals surface area contributed by atoms with Crippen molar-refractivity contribution in [3.63, 3.8) is 0 Å². The van der Waals surface area contributed by atoms with Crippen LogP contribution in [0.5, 0.6) is 0 Å². The first-order valence-corrected chi connectivity index (χ1v) is 7.02. The summed E-state index contributed by atoms with van der Waals surface area (Å²) < 4.78 is 14.7. The van der Waals surface area contributed by atoms with E-state index in [-0.39, 0.29) is 5.82 Å². The van der Waals surface area contributed by atoms with Gasteiger partial charge >= 0.3 is 0 Å². The number of hydrogen-bond donors (Lipinski definition) is 1. The van der Waals surface area contributed by atoms with Crippen molar-refractivity contribution >= 4 is 15.9 Å². The molecule has 1 nitrogen and oxygen atoms in total. The molecule has 100 valence electrons. The van der Waals surface area contributed by atoms with E-state index in [2.05, 4.69) is 15.9 Å². The summed E-state index contributed by atoms with van der Waals surface area (Å²) in [6.07, 6.45) is 1.23. The van der Waals surface area contributed by atoms with Crippen LogP contribution >= 0.6 is 15.9 Å². The van der Waals surface area contributed by atoms with E-state index in [9.17, 15) is 4.39 Å². The summed E-state index contributed by atoms with van der Waals surface area (Å²) in [5.41, 5.74) is 7.67. The predicted octanol–water partition coefficient (Wildman–Crippen LogP) is 4.09. The van der Waals surface area contributed by atoms with Crippen molar-refractivity contribution in [2.45, 2.75) is 25.3 Å². The minimum atomic E-state index is -0.469. The minimum absolute atomic E-state index is 0.187. The largest absolute Gasteiger partial charge is 0.325 e. The fraction of sp³-hybridized carbons (Fsp3) is 0.250. The zero-order chi connectivity index (χ0) is 13.9. The van der Waals surface area contributed by atoms with Crippen molar-refractivity contribution in [3.05, 3.63) is 69.9 Å². The molecule has 0 aromatic heterocycles. The summed E-state index contributed by atoms with van der Waals surface area (Å²) >= 11 is 3.45. The quantitative estimate of drug-likeness (QED) is 0.901. The molecule has 0 aliphatic carbocycles. The van der Waals surface area contributed by atoms with E-state index >= 15 is 0 Å². The molecule has 2 rings (SSSR count). The maximum atomic E-state index is 13.7. The third-order valence-corrected chi connectivity index (χ3v) is 3.54. The maximum absolute atomic E-state index is 13.7. The van der Waals surface area contributed by atoms with Crippen molar-refractivity contribution in [1.29, 1.82) is 0 Å². The van der Waals surface area contributed by atoms with E-state index in [0.29, 0.717) is 18.4 Å². The van der Waals surface area contributed by atoms with Gasteiger partial charge in [-0.15, -0.1) is 0 Å². The van der Waals surface area contributed by atoms with Crippen LogP contribution in [0.1, 0.15) is 18.1 Å². The molecule has 3 heteroatoms. The molecule has 2 N–H and O–H groups in total. The Balaban J connectivity index is 2.13. The number of benzene rings is 2. The molecule has 0 saturated heterocycles. The smallest absolute Gasteiger partial charge is 0.126 e. The van der Waals surface area contributed by atoms with Crippen LogP contribution in [0.15, 0.2) is 53.0 Å². The first-order valence-electron chi connectivity index (χ1n) is 6.23. The molecule has 0 spiro atoms. The van der Waals surface area contributed by atoms with Gasteiger partial charge in [0.25, 0.3) is 0 Å². The van der Waals surface area contributed by atoms with Gasteiger partial charge in [0, 0.05) is 10.0 Å². The van der Waals surface area contributed by atoms with Gasteiger partial charge in [-0.1, -0.05) is 46.3 Å². The number of nitrogens with two attached hydrogens (primary N) is 1. The van der Waals surface area contributed by atoms with E-state index in [4.69, 9.17) is 5.73 Å². The molecule has 0 fully saturated rings. The van der Waals surface area contributed by atoms with Gasteiger partial charge in [0.2, 0.25) is 0 Å². The molecule has 1 unspecified atom stereocenters. The van der Waals surface area contributed by atoms with Crippen LogP contribution in [-0.4, -0.2) is 5.54 Å². The van der Waals surface area contributed by atoms with E-state index in [1.54, 1.807) is 12.1 Å². The molecule has 2 aromatic carbocycles. The van der Waals surface area contributed by atoms with Crippen LogP contribution in [0.25, 0.3) is 0 Å². The van der Waals surface area contributed by atoms with Crippen LogP contribution in [0.4, 0.5) is 4.39 Å². The Morgan fingerprint density at radius 2 is 1.84 bits per heavy atom. The lowest BCUT2D eigenvalue weighted by atomic mass is 9.87. The summed E-state index contributed by atoms with van der Waals surface area (Å²) in [5.74, 6) is -0.187. The Morgan fingerprint density at radius 1 is 1.11 bits per heavy atom. The van der Waals surface area contributed by atoms with E-state index in [1.165, 1.54) is 6.07 Å². The summed E-state index contributed by atoms with van der Waals surface area (Å²) in [7, 11) is 0. The van der Waals surface area contributed by atoms with E-state index in [1.807, 2.05) is 37.3 Å². The molecule has 0 aliphatic heterocycles. The lowest BCUT2D eigenvalue weighted by Gasteiger charge is -2.25. The third-order valence-electron chi connectivity index (χ3n) is 3.05. The molecule has 0 saturated carbocycles. The fourth-order valence-electron chi connectivity index (χ4n) is 2.25. The monoisotopic (exact) mass is 321 g/mol. The molecule has 19 heavy (non-hydrogen) atoms. The molecular weight excluding hydrogens is 305 g/mol. The van der Waals surface area contributed by atoms with Crippen molar-refractivity contribution in [3.8, 4) is 0 Å². The average molecular weight is 322 g/mol. The second-order valence-corrected chi connectivity index (χ2v) is 6.14. The van der Waals surface area contributed by atoms with Crippen LogP contribution in [0.3, 0.4) is 0 Å². The van der Waals surface area contributed by atoms with Gasteiger partial charge in [0.1, 0.15) is 5.82 Å². The van der Waals surface area contributed by atoms with Crippen LogP contribution in [0.2, 0.25) is 0 Å². The summed E-state index contributed by atoms with van der Waals surface area (Å²) in [6.45, 7) is 1.96. The van der Waals surface area contributed by atoms with E-state index < -0.39 is 5.54 Å². The summed E-state index contributed by atoms with van der Waals surface area (Å²) in [5, 5.41) is 0. The van der Waals surface area contributed by atoms with Crippen molar-refractivity contribution in [1.82, 2.24) is 0 Å². The normalized spacial score (nSPS) is 14.1. The number of hydrogen-bond acceptors (Lipinski definition) is 1. The Morgan fingerprint density at radius 3 is 2.53 bits per heavy atom. The SMILES string of the molecule is CC(N)(Cc1cccc(Br)c1)Cc1ccccc1F. The standard InChI is InChI=1S/C16H17BrFN/c1-16(19,10-12-5-4-7-14(17)9-12)11-13-6-2-3-8-15(13)18/h2-9H,10-11,19H2,1H3. The Bertz CT molecular complexity index is 566.